The van der Waals surface area contributed by atoms with Crippen LogP contribution < -0.4 is 0 Å². The van der Waals surface area contributed by atoms with E-state index in [1.165, 1.54) is 0 Å². The van der Waals surface area contributed by atoms with E-state index in [1.54, 1.807) is 18.4 Å². The van der Waals surface area contributed by atoms with Crippen LogP contribution >= 0.6 is 11.3 Å². The first-order valence-corrected chi connectivity index (χ1v) is 8.11. The minimum absolute atomic E-state index is 0.0932. The quantitative estimate of drug-likeness (QED) is 0.856. The van der Waals surface area contributed by atoms with Crippen LogP contribution in [0.15, 0.2) is 16.8 Å². The second kappa shape index (κ2) is 5.84. The molecule has 2 aliphatic rings. The van der Waals surface area contributed by atoms with Crippen LogP contribution in [-0.2, 0) is 9.47 Å². The van der Waals surface area contributed by atoms with Crippen LogP contribution in [0.3, 0.4) is 0 Å². The molecule has 0 unspecified atom stereocenters. The third kappa shape index (κ3) is 2.75. The molecule has 1 spiro atoms. The topological polar surface area (TPSA) is 38.8 Å². The van der Waals surface area contributed by atoms with E-state index in [-0.39, 0.29) is 11.5 Å². The summed E-state index contributed by atoms with van der Waals surface area (Å²) in [6.07, 6.45) is 3.08. The number of carbonyl (C=O) groups excluding carboxylic acids is 1. The summed E-state index contributed by atoms with van der Waals surface area (Å²) in [5.74, 6) is 0.721. The standard InChI is InChI=1S/C15H21NO3S/c1-18-6-2-12-8-15(19-9-12)4-5-16(11-15)14(17)13-3-7-20-10-13/h3,7,10,12H,2,4-6,8-9,11H2,1H3/t12-,15+/m0/s1. The van der Waals surface area contributed by atoms with Gasteiger partial charge in [0.15, 0.2) is 0 Å². The Morgan fingerprint density at radius 3 is 3.30 bits per heavy atom. The van der Waals surface area contributed by atoms with E-state index >= 15 is 0 Å². The van der Waals surface area contributed by atoms with Crippen molar-refractivity contribution < 1.29 is 14.3 Å². The highest BCUT2D eigenvalue weighted by Gasteiger charge is 2.46. The molecule has 3 rings (SSSR count). The molecule has 2 atom stereocenters. The number of ether oxygens (including phenoxy) is 2. The molecule has 1 aromatic rings. The first kappa shape index (κ1) is 14.0. The van der Waals surface area contributed by atoms with Crippen molar-refractivity contribution in [2.24, 2.45) is 5.92 Å². The average Bonchev–Trinajstić information content (AvgIpc) is 3.18. The molecule has 2 fully saturated rings. The van der Waals surface area contributed by atoms with Gasteiger partial charge in [-0.3, -0.25) is 4.79 Å². The van der Waals surface area contributed by atoms with E-state index in [2.05, 4.69) is 0 Å². The molecule has 4 nitrogen and oxygen atoms in total. The third-order valence-corrected chi connectivity index (χ3v) is 5.07. The lowest BCUT2D eigenvalue weighted by molar-refractivity contribution is 0.0113. The lowest BCUT2D eigenvalue weighted by Crippen LogP contribution is -2.35. The number of hydrogen-bond donors (Lipinski definition) is 0. The maximum Gasteiger partial charge on any atom is 0.254 e. The number of thiophene rings is 1. The Balaban J connectivity index is 1.58. The molecular weight excluding hydrogens is 274 g/mol. The number of nitrogens with zero attached hydrogens (tertiary/aromatic N) is 1. The Morgan fingerprint density at radius 2 is 2.55 bits per heavy atom. The molecule has 0 aromatic carbocycles. The van der Waals surface area contributed by atoms with Crippen molar-refractivity contribution in [3.05, 3.63) is 22.4 Å². The highest BCUT2D eigenvalue weighted by Crippen LogP contribution is 2.39. The Kier molecular flexibility index (Phi) is 4.10. The van der Waals surface area contributed by atoms with Gasteiger partial charge < -0.3 is 14.4 Å². The normalized spacial score (nSPS) is 29.4. The largest absolute Gasteiger partial charge is 0.385 e. The van der Waals surface area contributed by atoms with Crippen molar-refractivity contribution in [3.8, 4) is 0 Å². The molecule has 2 aliphatic heterocycles. The molecule has 2 saturated heterocycles. The van der Waals surface area contributed by atoms with Crippen molar-refractivity contribution in [1.82, 2.24) is 4.90 Å². The highest BCUT2D eigenvalue weighted by molar-refractivity contribution is 7.08. The van der Waals surface area contributed by atoms with Crippen LogP contribution in [-0.4, -0.2) is 49.8 Å². The van der Waals surface area contributed by atoms with Gasteiger partial charge in [0.25, 0.3) is 5.91 Å². The van der Waals surface area contributed by atoms with Crippen molar-refractivity contribution in [1.29, 1.82) is 0 Å². The van der Waals surface area contributed by atoms with Gasteiger partial charge in [0.2, 0.25) is 0 Å². The second-order valence-electron chi connectivity index (χ2n) is 5.83. The number of hydrogen-bond acceptors (Lipinski definition) is 4. The lowest BCUT2D eigenvalue weighted by Gasteiger charge is -2.23. The van der Waals surface area contributed by atoms with Crippen LogP contribution in [0.4, 0.5) is 0 Å². The third-order valence-electron chi connectivity index (χ3n) is 4.39. The van der Waals surface area contributed by atoms with Crippen molar-refractivity contribution >= 4 is 17.2 Å². The number of rotatable bonds is 4. The summed E-state index contributed by atoms with van der Waals surface area (Å²) in [5, 5.41) is 3.87. The smallest absolute Gasteiger partial charge is 0.254 e. The van der Waals surface area contributed by atoms with Crippen LogP contribution in [0, 0.1) is 5.92 Å². The summed E-state index contributed by atoms with van der Waals surface area (Å²) in [5.41, 5.74) is 0.713. The molecule has 0 N–H and O–H groups in total. The van der Waals surface area contributed by atoms with Gasteiger partial charge in [0, 0.05) is 25.6 Å². The van der Waals surface area contributed by atoms with Gasteiger partial charge >= 0.3 is 0 Å². The van der Waals surface area contributed by atoms with Crippen LogP contribution in [0.2, 0.25) is 0 Å². The van der Waals surface area contributed by atoms with Gasteiger partial charge in [-0.25, -0.2) is 0 Å². The van der Waals surface area contributed by atoms with Gasteiger partial charge in [0.05, 0.1) is 24.3 Å². The molecule has 110 valence electrons. The average molecular weight is 295 g/mol. The number of likely N-dealkylation sites (tertiary alicyclic amines) is 1. The monoisotopic (exact) mass is 295 g/mol. The summed E-state index contributed by atoms with van der Waals surface area (Å²) in [6, 6.07) is 1.90. The number of carbonyl (C=O) groups is 1. The number of methoxy groups -OCH3 is 1. The molecule has 0 radical (unpaired) electrons. The molecule has 20 heavy (non-hydrogen) atoms. The van der Waals surface area contributed by atoms with E-state index in [0.717, 1.165) is 51.1 Å². The van der Waals surface area contributed by atoms with Gasteiger partial charge in [-0.15, -0.1) is 0 Å². The maximum atomic E-state index is 12.4. The zero-order valence-electron chi connectivity index (χ0n) is 11.8. The Hall–Kier alpha value is -0.910. The van der Waals surface area contributed by atoms with Gasteiger partial charge in [-0.2, -0.15) is 11.3 Å². The Labute approximate surface area is 123 Å². The lowest BCUT2D eigenvalue weighted by atomic mass is 9.92. The van der Waals surface area contributed by atoms with E-state index < -0.39 is 0 Å². The van der Waals surface area contributed by atoms with Crippen molar-refractivity contribution in [2.45, 2.75) is 24.9 Å². The van der Waals surface area contributed by atoms with Gasteiger partial charge in [-0.05, 0) is 36.6 Å². The summed E-state index contributed by atoms with van der Waals surface area (Å²) in [7, 11) is 1.74. The fraction of sp³-hybridized carbons (Fsp3) is 0.667. The SMILES string of the molecule is COCC[C@@H]1CO[C@]2(CCN(C(=O)c3ccsc3)C2)C1. The van der Waals surface area contributed by atoms with E-state index in [0.29, 0.717) is 5.92 Å². The molecule has 0 bridgehead atoms. The van der Waals surface area contributed by atoms with E-state index in [1.807, 2.05) is 21.7 Å². The minimum atomic E-state index is -0.0932. The summed E-state index contributed by atoms with van der Waals surface area (Å²) in [6.45, 7) is 3.16. The van der Waals surface area contributed by atoms with E-state index in [9.17, 15) is 4.79 Å². The molecule has 0 aliphatic carbocycles. The van der Waals surface area contributed by atoms with Crippen molar-refractivity contribution in [3.63, 3.8) is 0 Å². The highest BCUT2D eigenvalue weighted by atomic mass is 32.1. The van der Waals surface area contributed by atoms with Crippen LogP contribution in [0.5, 0.6) is 0 Å². The number of amides is 1. The first-order chi connectivity index (χ1) is 9.72. The van der Waals surface area contributed by atoms with Crippen molar-refractivity contribution in [2.75, 3.05) is 33.4 Å². The molecular formula is C15H21NO3S. The van der Waals surface area contributed by atoms with E-state index in [4.69, 9.17) is 9.47 Å². The molecule has 3 heterocycles. The second-order valence-corrected chi connectivity index (χ2v) is 6.61. The Morgan fingerprint density at radius 1 is 1.65 bits per heavy atom. The molecule has 1 amide bonds. The minimum Gasteiger partial charge on any atom is -0.385 e. The zero-order chi connectivity index (χ0) is 14.0. The fourth-order valence-electron chi connectivity index (χ4n) is 3.28. The maximum absolute atomic E-state index is 12.4. The molecule has 1 aromatic heterocycles. The zero-order valence-corrected chi connectivity index (χ0v) is 12.7. The first-order valence-electron chi connectivity index (χ1n) is 7.17. The molecule has 5 heteroatoms. The Bertz CT molecular complexity index is 462. The van der Waals surface area contributed by atoms with Crippen LogP contribution in [0.25, 0.3) is 0 Å². The van der Waals surface area contributed by atoms with Crippen LogP contribution in [0.1, 0.15) is 29.6 Å². The van der Waals surface area contributed by atoms with Gasteiger partial charge in [0.1, 0.15) is 0 Å². The summed E-state index contributed by atoms with van der Waals surface area (Å²) >= 11 is 1.57. The summed E-state index contributed by atoms with van der Waals surface area (Å²) in [4.78, 5) is 14.3. The fourth-order valence-corrected chi connectivity index (χ4v) is 3.91. The molecule has 0 saturated carbocycles. The summed E-state index contributed by atoms with van der Waals surface area (Å²) < 4.78 is 11.2. The predicted octanol–water partition coefficient (Wildman–Crippen LogP) is 2.41. The predicted molar refractivity (Wildman–Crippen MR) is 78.1 cm³/mol. The van der Waals surface area contributed by atoms with Gasteiger partial charge in [-0.1, -0.05) is 0 Å².